The van der Waals surface area contributed by atoms with Crippen LogP contribution in [0.5, 0.6) is 0 Å². The zero-order chi connectivity index (χ0) is 8.27. The van der Waals surface area contributed by atoms with Crippen molar-refractivity contribution in [2.45, 2.75) is 13.3 Å². The summed E-state index contributed by atoms with van der Waals surface area (Å²) in [4.78, 5) is 12.8. The van der Waals surface area contributed by atoms with Crippen LogP contribution in [0.15, 0.2) is 12.3 Å². The Morgan fingerprint density at radius 3 is 2.91 bits per heavy atom. The zero-order valence-corrected chi connectivity index (χ0v) is 6.66. The lowest BCUT2D eigenvalue weighted by atomic mass is 10.2. The highest BCUT2D eigenvalue weighted by Crippen LogP contribution is 2.14. The molecule has 1 N–H and O–H groups in total. The Morgan fingerprint density at radius 2 is 2.45 bits per heavy atom. The average Bonchev–Trinajstić information content (AvgIpc) is 2.36. The lowest BCUT2D eigenvalue weighted by Gasteiger charge is -2.11. The molecule has 1 aliphatic rings. The van der Waals surface area contributed by atoms with E-state index >= 15 is 0 Å². The van der Waals surface area contributed by atoms with Crippen molar-refractivity contribution < 1.29 is 9.90 Å². The van der Waals surface area contributed by atoms with Crippen LogP contribution in [0.2, 0.25) is 0 Å². The second kappa shape index (κ2) is 3.42. The molecular weight excluding hydrogens is 142 g/mol. The van der Waals surface area contributed by atoms with Gasteiger partial charge in [0, 0.05) is 19.2 Å². The number of aliphatic hydroxyl groups is 1. The first kappa shape index (κ1) is 8.11. The van der Waals surface area contributed by atoms with Gasteiger partial charge >= 0.3 is 0 Å². The largest absolute Gasteiger partial charge is 0.515 e. The van der Waals surface area contributed by atoms with E-state index in [0.717, 1.165) is 25.8 Å². The number of hydrogen-bond donors (Lipinski definition) is 1. The van der Waals surface area contributed by atoms with Gasteiger partial charge in [0.15, 0.2) is 0 Å². The summed E-state index contributed by atoms with van der Waals surface area (Å²) in [5, 5.41) is 8.33. The van der Waals surface area contributed by atoms with E-state index in [1.54, 1.807) is 4.90 Å². The van der Waals surface area contributed by atoms with Crippen LogP contribution in [0, 0.1) is 5.92 Å². The van der Waals surface area contributed by atoms with Gasteiger partial charge in [-0.15, -0.1) is 0 Å². The quantitative estimate of drug-likeness (QED) is 0.452. The summed E-state index contributed by atoms with van der Waals surface area (Å²) in [5.41, 5.74) is 0. The van der Waals surface area contributed by atoms with Crippen molar-refractivity contribution in [2.24, 2.45) is 5.92 Å². The molecule has 0 aliphatic carbocycles. The average molecular weight is 155 g/mol. The van der Waals surface area contributed by atoms with Crippen molar-refractivity contribution in [2.75, 3.05) is 13.1 Å². The zero-order valence-electron chi connectivity index (χ0n) is 6.66. The maximum Gasteiger partial charge on any atom is 0.249 e. The van der Waals surface area contributed by atoms with Gasteiger partial charge < -0.3 is 10.0 Å². The first-order valence-corrected chi connectivity index (χ1v) is 3.83. The number of hydrogen-bond acceptors (Lipinski definition) is 2. The van der Waals surface area contributed by atoms with Gasteiger partial charge in [-0.2, -0.15) is 0 Å². The maximum absolute atomic E-state index is 11.1. The van der Waals surface area contributed by atoms with Crippen molar-refractivity contribution in [1.29, 1.82) is 0 Å². The Labute approximate surface area is 66.3 Å². The van der Waals surface area contributed by atoms with Crippen molar-refractivity contribution in [3.63, 3.8) is 0 Å². The monoisotopic (exact) mass is 155 g/mol. The lowest BCUT2D eigenvalue weighted by molar-refractivity contribution is -0.125. The van der Waals surface area contributed by atoms with Crippen LogP contribution < -0.4 is 0 Å². The second-order valence-corrected chi connectivity index (χ2v) is 2.99. The van der Waals surface area contributed by atoms with Crippen molar-refractivity contribution >= 4 is 5.91 Å². The molecule has 0 spiro atoms. The first-order valence-electron chi connectivity index (χ1n) is 3.83. The fourth-order valence-corrected chi connectivity index (χ4v) is 1.30. The smallest absolute Gasteiger partial charge is 0.249 e. The van der Waals surface area contributed by atoms with E-state index in [2.05, 4.69) is 6.92 Å². The SMILES string of the molecule is CC1CCN(C(=O)/C=C/O)C1. The van der Waals surface area contributed by atoms with Gasteiger partial charge in [0.25, 0.3) is 0 Å². The molecule has 1 saturated heterocycles. The van der Waals surface area contributed by atoms with Crippen LogP contribution in [-0.2, 0) is 4.79 Å². The number of aliphatic hydroxyl groups excluding tert-OH is 1. The molecule has 1 heterocycles. The highest BCUT2D eigenvalue weighted by molar-refractivity contribution is 5.87. The topological polar surface area (TPSA) is 40.5 Å². The van der Waals surface area contributed by atoms with Gasteiger partial charge in [0.05, 0.1) is 6.26 Å². The Kier molecular flexibility index (Phi) is 2.52. The van der Waals surface area contributed by atoms with E-state index in [-0.39, 0.29) is 5.91 Å². The molecule has 3 heteroatoms. The maximum atomic E-state index is 11.1. The molecular formula is C8H13NO2. The molecule has 11 heavy (non-hydrogen) atoms. The third-order valence-electron chi connectivity index (χ3n) is 1.95. The van der Waals surface area contributed by atoms with Gasteiger partial charge in [-0.05, 0) is 12.3 Å². The molecule has 1 atom stereocenters. The standard InChI is InChI=1S/C8H13NO2/c1-7-2-4-9(6-7)8(11)3-5-10/h3,5,7,10H,2,4,6H2,1H3/b5-3+. The van der Waals surface area contributed by atoms with E-state index in [1.807, 2.05) is 0 Å². The second-order valence-electron chi connectivity index (χ2n) is 2.99. The fraction of sp³-hybridized carbons (Fsp3) is 0.625. The summed E-state index contributed by atoms with van der Waals surface area (Å²) < 4.78 is 0. The Balaban J connectivity index is 2.43. The third-order valence-corrected chi connectivity index (χ3v) is 1.95. The number of carbonyl (C=O) groups is 1. The summed E-state index contributed by atoms with van der Waals surface area (Å²) in [6.07, 6.45) is 3.06. The van der Waals surface area contributed by atoms with Crippen molar-refractivity contribution in [3.05, 3.63) is 12.3 Å². The molecule has 1 rings (SSSR count). The number of likely N-dealkylation sites (tertiary alicyclic amines) is 1. The molecule has 0 bridgehead atoms. The number of carbonyl (C=O) groups excluding carboxylic acids is 1. The minimum Gasteiger partial charge on any atom is -0.515 e. The summed E-state index contributed by atoms with van der Waals surface area (Å²) >= 11 is 0. The number of rotatable bonds is 1. The van der Waals surface area contributed by atoms with E-state index in [9.17, 15) is 4.79 Å². The first-order chi connectivity index (χ1) is 5.24. The molecule has 0 aromatic rings. The van der Waals surface area contributed by atoms with Gasteiger partial charge in [-0.3, -0.25) is 4.79 Å². The van der Waals surface area contributed by atoms with Crippen LogP contribution in [0.1, 0.15) is 13.3 Å². The molecule has 62 valence electrons. The molecule has 1 unspecified atom stereocenters. The molecule has 0 radical (unpaired) electrons. The van der Waals surface area contributed by atoms with Crippen LogP contribution in [-0.4, -0.2) is 29.0 Å². The van der Waals surface area contributed by atoms with E-state index in [4.69, 9.17) is 5.11 Å². The predicted molar refractivity (Wildman–Crippen MR) is 42.1 cm³/mol. The van der Waals surface area contributed by atoms with Crippen molar-refractivity contribution in [1.82, 2.24) is 4.90 Å². The van der Waals surface area contributed by atoms with Crippen LogP contribution in [0.3, 0.4) is 0 Å². The van der Waals surface area contributed by atoms with Crippen molar-refractivity contribution in [3.8, 4) is 0 Å². The van der Waals surface area contributed by atoms with E-state index < -0.39 is 0 Å². The molecule has 1 amide bonds. The predicted octanol–water partition coefficient (Wildman–Crippen LogP) is 0.926. The van der Waals surface area contributed by atoms with Crippen LogP contribution in [0.4, 0.5) is 0 Å². The summed E-state index contributed by atoms with van der Waals surface area (Å²) in [6, 6.07) is 0. The summed E-state index contributed by atoms with van der Waals surface area (Å²) in [7, 11) is 0. The van der Waals surface area contributed by atoms with E-state index in [0.29, 0.717) is 5.92 Å². The van der Waals surface area contributed by atoms with Gasteiger partial charge in [0.1, 0.15) is 0 Å². The fourth-order valence-electron chi connectivity index (χ4n) is 1.30. The highest BCUT2D eigenvalue weighted by Gasteiger charge is 2.21. The van der Waals surface area contributed by atoms with Gasteiger partial charge in [-0.1, -0.05) is 6.92 Å². The molecule has 1 fully saturated rings. The Hall–Kier alpha value is -0.990. The summed E-state index contributed by atoms with van der Waals surface area (Å²) in [6.45, 7) is 3.77. The number of amides is 1. The minimum atomic E-state index is -0.0862. The Bertz CT molecular complexity index is 177. The molecule has 1 aliphatic heterocycles. The lowest BCUT2D eigenvalue weighted by Crippen LogP contribution is -2.26. The highest BCUT2D eigenvalue weighted by atomic mass is 16.2. The van der Waals surface area contributed by atoms with E-state index in [1.165, 1.54) is 6.08 Å². The van der Waals surface area contributed by atoms with Crippen LogP contribution in [0.25, 0.3) is 0 Å². The van der Waals surface area contributed by atoms with Crippen LogP contribution >= 0.6 is 0 Å². The summed E-state index contributed by atoms with van der Waals surface area (Å²) in [5.74, 6) is 0.517. The normalized spacial score (nSPS) is 24.8. The number of nitrogens with zero attached hydrogens (tertiary/aromatic N) is 1. The molecule has 0 aromatic heterocycles. The van der Waals surface area contributed by atoms with Gasteiger partial charge in [0.2, 0.25) is 5.91 Å². The Morgan fingerprint density at radius 1 is 1.73 bits per heavy atom. The molecule has 0 aromatic carbocycles. The molecule has 0 saturated carbocycles. The third kappa shape index (κ3) is 1.97. The molecule has 3 nitrogen and oxygen atoms in total. The van der Waals surface area contributed by atoms with Gasteiger partial charge in [-0.25, -0.2) is 0 Å². The minimum absolute atomic E-state index is 0.0862.